The highest BCUT2D eigenvalue weighted by atomic mass is 19.1. The van der Waals surface area contributed by atoms with Gasteiger partial charge in [-0.2, -0.15) is 0 Å². The van der Waals surface area contributed by atoms with Gasteiger partial charge in [-0.3, -0.25) is 4.79 Å². The van der Waals surface area contributed by atoms with Crippen molar-refractivity contribution in [2.75, 3.05) is 13.2 Å². The summed E-state index contributed by atoms with van der Waals surface area (Å²) in [6, 6.07) is 22.8. The smallest absolute Gasteiger partial charge is 0.329 e. The summed E-state index contributed by atoms with van der Waals surface area (Å²) in [7, 11) is 0. The van der Waals surface area contributed by atoms with Gasteiger partial charge in [0.05, 0.1) is 0 Å². The minimum Gasteiger partial charge on any atom is -0.490 e. The Bertz CT molecular complexity index is 946. The largest absolute Gasteiger partial charge is 0.490 e. The number of amides is 1. The fourth-order valence-electron chi connectivity index (χ4n) is 2.81. The van der Waals surface area contributed by atoms with Crippen molar-refractivity contribution < 1.29 is 23.5 Å². The van der Waals surface area contributed by atoms with Crippen LogP contribution in [0.1, 0.15) is 15.9 Å². The molecule has 3 aromatic rings. The van der Waals surface area contributed by atoms with Crippen LogP contribution < -0.4 is 10.1 Å². The highest BCUT2D eigenvalue weighted by molar-refractivity contribution is 5.96. The van der Waals surface area contributed by atoms with Gasteiger partial charge in [0.1, 0.15) is 30.8 Å². The van der Waals surface area contributed by atoms with Crippen molar-refractivity contribution in [2.45, 2.75) is 12.5 Å². The van der Waals surface area contributed by atoms with Crippen LogP contribution >= 0.6 is 0 Å². The number of halogens is 1. The van der Waals surface area contributed by atoms with Crippen molar-refractivity contribution >= 4 is 11.9 Å². The van der Waals surface area contributed by atoms with Crippen LogP contribution in [0, 0.1) is 5.82 Å². The Morgan fingerprint density at radius 3 is 2.13 bits per heavy atom. The molecule has 0 aliphatic heterocycles. The molecule has 0 aliphatic rings. The van der Waals surface area contributed by atoms with Crippen molar-refractivity contribution in [3.05, 3.63) is 102 Å². The van der Waals surface area contributed by atoms with Crippen LogP contribution in [-0.2, 0) is 16.0 Å². The van der Waals surface area contributed by atoms with Crippen LogP contribution in [0.3, 0.4) is 0 Å². The second-order valence-corrected chi connectivity index (χ2v) is 6.55. The number of rotatable bonds is 9. The van der Waals surface area contributed by atoms with Crippen LogP contribution in [0.4, 0.5) is 4.39 Å². The van der Waals surface area contributed by atoms with E-state index in [1.807, 2.05) is 36.4 Å². The fraction of sp³-hybridized carbons (Fsp3) is 0.167. The third-order valence-electron chi connectivity index (χ3n) is 4.32. The number of hydrogen-bond donors (Lipinski definition) is 1. The van der Waals surface area contributed by atoms with Crippen molar-refractivity contribution in [2.24, 2.45) is 0 Å². The van der Waals surface area contributed by atoms with E-state index in [4.69, 9.17) is 9.47 Å². The third kappa shape index (κ3) is 6.44. The lowest BCUT2D eigenvalue weighted by molar-refractivity contribution is -0.146. The summed E-state index contributed by atoms with van der Waals surface area (Å²) < 4.78 is 23.7. The Morgan fingerprint density at radius 1 is 0.833 bits per heavy atom. The lowest BCUT2D eigenvalue weighted by atomic mass is 10.1. The molecular weight excluding hydrogens is 385 g/mol. The van der Waals surface area contributed by atoms with Crippen molar-refractivity contribution in [3.63, 3.8) is 0 Å². The van der Waals surface area contributed by atoms with E-state index in [0.29, 0.717) is 17.7 Å². The standard InChI is InChI=1S/C24H22FNO4/c25-20-11-13-21(14-12-20)29-15-16-30-24(28)22(17-18-7-3-1-4-8-18)26-23(27)19-9-5-2-6-10-19/h1-14,22H,15-17H2,(H,26,27)/t22-/m0/s1. The van der Waals surface area contributed by atoms with Gasteiger partial charge in [-0.05, 0) is 42.0 Å². The molecule has 0 heterocycles. The third-order valence-corrected chi connectivity index (χ3v) is 4.32. The first-order chi connectivity index (χ1) is 14.6. The van der Waals surface area contributed by atoms with Gasteiger partial charge in [-0.25, -0.2) is 9.18 Å². The van der Waals surface area contributed by atoms with Gasteiger partial charge in [0.15, 0.2) is 0 Å². The average Bonchev–Trinajstić information content (AvgIpc) is 2.78. The van der Waals surface area contributed by atoms with E-state index in [1.54, 1.807) is 24.3 Å². The number of carbonyl (C=O) groups excluding carboxylic acids is 2. The zero-order valence-electron chi connectivity index (χ0n) is 16.3. The predicted octanol–water partition coefficient (Wildman–Crippen LogP) is 3.79. The molecule has 1 N–H and O–H groups in total. The number of hydrogen-bond acceptors (Lipinski definition) is 4. The quantitative estimate of drug-likeness (QED) is 0.433. The van der Waals surface area contributed by atoms with Gasteiger partial charge >= 0.3 is 5.97 Å². The normalized spacial score (nSPS) is 11.4. The van der Waals surface area contributed by atoms with Crippen LogP contribution in [0.5, 0.6) is 5.75 Å². The molecular formula is C24H22FNO4. The van der Waals surface area contributed by atoms with Gasteiger partial charge in [0, 0.05) is 12.0 Å². The minimum absolute atomic E-state index is 0.00269. The summed E-state index contributed by atoms with van der Waals surface area (Å²) in [6.07, 6.45) is 0.303. The van der Waals surface area contributed by atoms with E-state index >= 15 is 0 Å². The molecule has 3 aromatic carbocycles. The van der Waals surface area contributed by atoms with E-state index in [2.05, 4.69) is 5.32 Å². The molecule has 0 saturated heterocycles. The van der Waals surface area contributed by atoms with Gasteiger partial charge in [-0.1, -0.05) is 48.5 Å². The first-order valence-corrected chi connectivity index (χ1v) is 9.56. The van der Waals surface area contributed by atoms with Crippen molar-refractivity contribution in [1.29, 1.82) is 0 Å². The number of benzene rings is 3. The monoisotopic (exact) mass is 407 g/mol. The summed E-state index contributed by atoms with van der Waals surface area (Å²) in [4.78, 5) is 25.1. The lowest BCUT2D eigenvalue weighted by Crippen LogP contribution is -2.43. The Kier molecular flexibility index (Phi) is 7.55. The molecule has 0 spiro atoms. The molecule has 154 valence electrons. The van der Waals surface area contributed by atoms with Gasteiger partial charge in [0.25, 0.3) is 5.91 Å². The molecule has 6 heteroatoms. The first kappa shape index (κ1) is 21.0. The Hall–Kier alpha value is -3.67. The minimum atomic E-state index is -0.842. The molecule has 0 unspecified atom stereocenters. The van der Waals surface area contributed by atoms with Crippen molar-refractivity contribution in [3.8, 4) is 5.75 Å². The molecule has 0 radical (unpaired) electrons. The van der Waals surface area contributed by atoms with Crippen LogP contribution in [0.25, 0.3) is 0 Å². The van der Waals surface area contributed by atoms with Gasteiger partial charge in [0.2, 0.25) is 0 Å². The van der Waals surface area contributed by atoms with Crippen LogP contribution in [-0.4, -0.2) is 31.1 Å². The van der Waals surface area contributed by atoms with E-state index in [-0.39, 0.29) is 24.9 Å². The molecule has 0 bridgehead atoms. The first-order valence-electron chi connectivity index (χ1n) is 9.56. The average molecular weight is 407 g/mol. The zero-order chi connectivity index (χ0) is 21.2. The van der Waals surface area contributed by atoms with Crippen molar-refractivity contribution in [1.82, 2.24) is 5.32 Å². The van der Waals surface area contributed by atoms with E-state index in [9.17, 15) is 14.0 Å². The highest BCUT2D eigenvalue weighted by Gasteiger charge is 2.23. The molecule has 1 atom stereocenters. The number of carbonyl (C=O) groups is 2. The summed E-state index contributed by atoms with van der Waals surface area (Å²) in [5.41, 5.74) is 1.36. The lowest BCUT2D eigenvalue weighted by Gasteiger charge is -2.18. The topological polar surface area (TPSA) is 64.6 Å². The summed E-state index contributed by atoms with van der Waals surface area (Å²) >= 11 is 0. The van der Waals surface area contributed by atoms with Crippen LogP contribution in [0.2, 0.25) is 0 Å². The van der Waals surface area contributed by atoms with E-state index < -0.39 is 12.0 Å². The molecule has 3 rings (SSSR count). The molecule has 0 aliphatic carbocycles. The second-order valence-electron chi connectivity index (χ2n) is 6.55. The molecule has 30 heavy (non-hydrogen) atoms. The maximum absolute atomic E-state index is 12.9. The number of ether oxygens (including phenoxy) is 2. The second kappa shape index (κ2) is 10.8. The maximum Gasteiger partial charge on any atom is 0.329 e. The van der Waals surface area contributed by atoms with Gasteiger partial charge in [-0.15, -0.1) is 0 Å². The van der Waals surface area contributed by atoms with Crippen LogP contribution in [0.15, 0.2) is 84.9 Å². The maximum atomic E-state index is 12.9. The Labute approximate surface area is 174 Å². The fourth-order valence-corrected chi connectivity index (χ4v) is 2.81. The summed E-state index contributed by atoms with van der Waals surface area (Å²) in [5.74, 6) is -0.778. The summed E-state index contributed by atoms with van der Waals surface area (Å²) in [6.45, 7) is 0.116. The molecule has 0 saturated carbocycles. The molecule has 0 fully saturated rings. The van der Waals surface area contributed by atoms with Gasteiger partial charge < -0.3 is 14.8 Å². The summed E-state index contributed by atoms with van der Waals surface area (Å²) in [5, 5.41) is 2.75. The molecule has 0 aromatic heterocycles. The number of esters is 1. The SMILES string of the molecule is O=C(N[C@@H](Cc1ccccc1)C(=O)OCCOc1ccc(F)cc1)c1ccccc1. The van der Waals surface area contributed by atoms with E-state index in [0.717, 1.165) is 5.56 Å². The highest BCUT2D eigenvalue weighted by Crippen LogP contribution is 2.11. The molecule has 1 amide bonds. The van der Waals surface area contributed by atoms with E-state index in [1.165, 1.54) is 24.3 Å². The Balaban J connectivity index is 1.57. The molecule has 5 nitrogen and oxygen atoms in total. The zero-order valence-corrected chi connectivity index (χ0v) is 16.3. The predicted molar refractivity (Wildman–Crippen MR) is 111 cm³/mol. The number of nitrogens with one attached hydrogen (secondary N) is 1. The Morgan fingerprint density at radius 2 is 1.47 bits per heavy atom.